The summed E-state index contributed by atoms with van der Waals surface area (Å²) in [5.74, 6) is -0.303. The fraction of sp³-hybridized carbons (Fsp3) is 0.678. The number of unbranched alkanes of at least 4 members (excludes halogenated alkanes) is 1. The average molecular weight is 1220 g/mol. The lowest BCUT2D eigenvalue weighted by molar-refractivity contribution is -0.157. The molecule has 3 atom stereocenters. The van der Waals surface area contributed by atoms with Crippen LogP contribution in [0.1, 0.15) is 90.4 Å². The Morgan fingerprint density at radius 1 is 0.494 bits per heavy atom. The molecule has 2 aromatic rings. The molecule has 2 heterocycles. The van der Waals surface area contributed by atoms with E-state index >= 15 is 0 Å². The second kappa shape index (κ2) is 41.3. The minimum Gasteiger partial charge on any atom is -0.484 e. The molecule has 0 aromatic heterocycles. The number of nitrogens with one attached hydrogen (secondary N) is 6. The number of esters is 2. The largest absolute Gasteiger partial charge is 0.484 e. The second-order valence-corrected chi connectivity index (χ2v) is 22.9. The van der Waals surface area contributed by atoms with Gasteiger partial charge in [-0.25, -0.2) is 4.79 Å². The van der Waals surface area contributed by atoms with Crippen LogP contribution >= 0.6 is 11.8 Å². The molecule has 0 saturated carbocycles. The number of urea groups is 1. The number of thioether (sulfide) groups is 1. The Kier molecular flexibility index (Phi) is 34.8. The predicted molar refractivity (Wildman–Crippen MR) is 316 cm³/mol. The summed E-state index contributed by atoms with van der Waals surface area (Å²) < 4.78 is 66.0. The van der Waals surface area contributed by atoms with E-state index in [-0.39, 0.29) is 132 Å². The normalized spacial score (nSPS) is 15.5. The Hall–Kier alpha value is -5.84. The molecule has 2 aliphatic heterocycles. The highest BCUT2D eigenvalue weighted by Gasteiger charge is 2.42. The smallest absolute Gasteiger partial charge is 0.315 e. The molecule has 6 amide bonds. The van der Waals surface area contributed by atoms with Crippen molar-refractivity contribution in [3.63, 3.8) is 0 Å². The molecule has 2 saturated heterocycles. The first-order valence-corrected chi connectivity index (χ1v) is 30.2. The lowest BCUT2D eigenvalue weighted by Gasteiger charge is -2.19. The van der Waals surface area contributed by atoms with E-state index in [0.29, 0.717) is 114 Å². The van der Waals surface area contributed by atoms with Crippen LogP contribution in [0.15, 0.2) is 42.5 Å². The fourth-order valence-electron chi connectivity index (χ4n) is 8.11. The van der Waals surface area contributed by atoms with Crippen LogP contribution in [0.25, 0.3) is 11.1 Å². The van der Waals surface area contributed by atoms with Crippen molar-refractivity contribution in [2.45, 2.75) is 109 Å². The van der Waals surface area contributed by atoms with Crippen LogP contribution in [0.2, 0.25) is 0 Å². The topological polar surface area (TPSA) is 302 Å². The zero-order chi connectivity index (χ0) is 61.6. The lowest BCUT2D eigenvalue weighted by Crippen LogP contribution is -2.36. The van der Waals surface area contributed by atoms with E-state index in [9.17, 15) is 33.6 Å². The molecule has 0 radical (unpaired) electrons. The number of carbonyl (C=O) groups excluding carboxylic acids is 7. The first-order chi connectivity index (χ1) is 40.8. The summed E-state index contributed by atoms with van der Waals surface area (Å²) in [6, 6.07) is 12.0. The van der Waals surface area contributed by atoms with Gasteiger partial charge in [-0.2, -0.15) is 11.8 Å². The SMILES string of the molecule is CC(C)(C)OC(=O)CCOCCOCCOCCOCCNC(=O)COc1ccc(-c2cc(OCC(=O)NCCOCCOCCOCCOCCC(=O)OC(C)(C)C)cc(C(=O)NCCNC(=O)CCCC[C@@H]3SC[C@@H]4NC(=O)N[C@@H]43)c2)cc1. The Morgan fingerprint density at radius 2 is 0.953 bits per heavy atom. The maximum Gasteiger partial charge on any atom is 0.315 e. The third-order valence-corrected chi connectivity index (χ3v) is 13.5. The highest BCUT2D eigenvalue weighted by Crippen LogP contribution is 2.33. The van der Waals surface area contributed by atoms with Gasteiger partial charge in [0.15, 0.2) is 13.2 Å². The number of fused-ring (bicyclic) bond motifs is 1. The monoisotopic (exact) mass is 1220 g/mol. The van der Waals surface area contributed by atoms with Crippen LogP contribution in [0.4, 0.5) is 4.79 Å². The van der Waals surface area contributed by atoms with Crippen molar-refractivity contribution in [1.82, 2.24) is 31.9 Å². The summed E-state index contributed by atoms with van der Waals surface area (Å²) in [4.78, 5) is 86.6. The van der Waals surface area contributed by atoms with Crippen molar-refractivity contribution >= 4 is 53.4 Å². The Morgan fingerprint density at radius 3 is 1.46 bits per heavy atom. The van der Waals surface area contributed by atoms with Gasteiger partial charge in [0, 0.05) is 49.2 Å². The van der Waals surface area contributed by atoms with Crippen molar-refractivity contribution in [3.05, 3.63) is 48.0 Å². The number of amides is 6. The van der Waals surface area contributed by atoms with Crippen molar-refractivity contribution < 1.29 is 90.4 Å². The molecular formula is C59H92N6O19S. The maximum absolute atomic E-state index is 13.5. The minimum atomic E-state index is -0.527. The van der Waals surface area contributed by atoms with Gasteiger partial charge in [0.1, 0.15) is 22.7 Å². The van der Waals surface area contributed by atoms with E-state index in [1.807, 2.05) is 53.3 Å². The molecule has 0 bridgehead atoms. The number of ether oxygens (including phenoxy) is 12. The van der Waals surface area contributed by atoms with E-state index < -0.39 is 23.0 Å². The van der Waals surface area contributed by atoms with Gasteiger partial charge in [-0.15, -0.1) is 0 Å². The third-order valence-electron chi connectivity index (χ3n) is 12.0. The molecule has 25 nitrogen and oxygen atoms in total. The molecular weight excluding hydrogens is 1130 g/mol. The molecule has 6 N–H and O–H groups in total. The van der Waals surface area contributed by atoms with Gasteiger partial charge in [-0.3, -0.25) is 28.8 Å². The first-order valence-electron chi connectivity index (χ1n) is 29.2. The lowest BCUT2D eigenvalue weighted by atomic mass is 10.0. The van der Waals surface area contributed by atoms with Crippen LogP contribution in [-0.2, 0) is 71.3 Å². The maximum atomic E-state index is 13.5. The van der Waals surface area contributed by atoms with Crippen LogP contribution in [-0.4, -0.2) is 221 Å². The molecule has 85 heavy (non-hydrogen) atoms. The molecule has 2 fully saturated rings. The van der Waals surface area contributed by atoms with Crippen LogP contribution in [0.3, 0.4) is 0 Å². The van der Waals surface area contributed by atoms with Gasteiger partial charge < -0.3 is 88.7 Å². The van der Waals surface area contributed by atoms with Crippen molar-refractivity contribution in [3.8, 4) is 22.6 Å². The highest BCUT2D eigenvalue weighted by atomic mass is 32.2. The molecule has 0 unspecified atom stereocenters. The summed E-state index contributed by atoms with van der Waals surface area (Å²) in [5, 5.41) is 17.5. The predicted octanol–water partition coefficient (Wildman–Crippen LogP) is 3.51. The van der Waals surface area contributed by atoms with Crippen molar-refractivity contribution in [1.29, 1.82) is 0 Å². The number of hydrogen-bond donors (Lipinski definition) is 6. The van der Waals surface area contributed by atoms with E-state index in [4.69, 9.17) is 56.8 Å². The molecule has 2 aliphatic rings. The Labute approximate surface area is 504 Å². The zero-order valence-corrected chi connectivity index (χ0v) is 51.3. The molecule has 2 aromatic carbocycles. The third kappa shape index (κ3) is 34.2. The fourth-order valence-corrected chi connectivity index (χ4v) is 9.65. The summed E-state index contributed by atoms with van der Waals surface area (Å²) >= 11 is 1.84. The summed E-state index contributed by atoms with van der Waals surface area (Å²) in [6.07, 6.45) is 3.19. The number of rotatable bonds is 46. The Balaban J connectivity index is 1.12. The highest BCUT2D eigenvalue weighted by molar-refractivity contribution is 8.00. The standard InChI is InChI=1S/C59H92N6O19S/c1-58(2,3)83-53(69)15-21-73-25-29-77-33-35-79-31-27-75-23-19-61-51(67)40-81-46-13-11-43(12-14-46)44-37-45(56(71)63-18-17-60-50(66)10-8-7-9-49-55-48(42-85-49)64-57(72)65-55)39-47(38-44)82-41-52(68)62-20-24-76-28-32-80-36-34-78-30-26-74-22-16-54(70)84-59(4,5)6/h11-14,37-39,48-49,55H,7-10,15-36,40-42H2,1-6H3,(H,60,66)(H,61,67)(H,62,68)(H,63,71)(H2,64,65,72)/t48-,49-,55-/m0/s1. The number of carbonyl (C=O) groups is 7. The summed E-state index contributed by atoms with van der Waals surface area (Å²) in [5.41, 5.74) is 0.517. The Bertz CT molecular complexity index is 2300. The van der Waals surface area contributed by atoms with Crippen molar-refractivity contribution in [2.24, 2.45) is 0 Å². The van der Waals surface area contributed by atoms with Gasteiger partial charge in [-0.1, -0.05) is 18.6 Å². The van der Waals surface area contributed by atoms with E-state index in [1.54, 1.807) is 36.4 Å². The van der Waals surface area contributed by atoms with E-state index in [1.165, 1.54) is 6.07 Å². The quantitative estimate of drug-likeness (QED) is 0.0314. The first kappa shape index (κ1) is 71.6. The number of hydrogen-bond acceptors (Lipinski definition) is 20. The number of benzene rings is 2. The van der Waals surface area contributed by atoms with E-state index in [0.717, 1.165) is 18.6 Å². The van der Waals surface area contributed by atoms with Crippen LogP contribution < -0.4 is 41.4 Å². The average Bonchev–Trinajstić information content (AvgIpc) is 3.04. The van der Waals surface area contributed by atoms with E-state index in [2.05, 4.69) is 31.9 Å². The van der Waals surface area contributed by atoms with Crippen molar-refractivity contribution in [2.75, 3.05) is 151 Å². The molecule has 26 heteroatoms. The second-order valence-electron chi connectivity index (χ2n) is 21.6. The molecule has 0 aliphatic carbocycles. The van der Waals surface area contributed by atoms with Gasteiger partial charge in [-0.05, 0) is 95.8 Å². The summed E-state index contributed by atoms with van der Waals surface area (Å²) in [7, 11) is 0. The van der Waals surface area contributed by atoms with Gasteiger partial charge in [0.05, 0.1) is 131 Å². The van der Waals surface area contributed by atoms with Crippen LogP contribution in [0.5, 0.6) is 11.5 Å². The van der Waals surface area contributed by atoms with Crippen LogP contribution in [0, 0.1) is 0 Å². The molecule has 4 rings (SSSR count). The van der Waals surface area contributed by atoms with Gasteiger partial charge >= 0.3 is 18.0 Å². The molecule has 478 valence electrons. The molecule has 0 spiro atoms. The van der Waals surface area contributed by atoms with Gasteiger partial charge in [0.2, 0.25) is 5.91 Å². The minimum absolute atomic E-state index is 0.115. The summed E-state index contributed by atoms with van der Waals surface area (Å²) in [6.45, 7) is 16.5. The van der Waals surface area contributed by atoms with Gasteiger partial charge in [0.25, 0.3) is 17.7 Å². The zero-order valence-electron chi connectivity index (χ0n) is 50.4.